The van der Waals surface area contributed by atoms with E-state index in [4.69, 9.17) is 4.74 Å². The Kier molecular flexibility index (Phi) is 6.01. The minimum absolute atomic E-state index is 0.932. The molecule has 0 aromatic heterocycles. The number of methoxy groups -OCH3 is 1. The van der Waals surface area contributed by atoms with Crippen molar-refractivity contribution in [3.63, 3.8) is 0 Å². The third kappa shape index (κ3) is 5.20. The molecule has 1 aromatic rings. The van der Waals surface area contributed by atoms with Crippen LogP contribution in [0.25, 0.3) is 0 Å². The molecule has 0 amide bonds. The molecule has 17 heavy (non-hydrogen) atoms. The number of rotatable bonds is 7. The summed E-state index contributed by atoms with van der Waals surface area (Å²) in [5.41, 5.74) is 1.30. The lowest BCUT2D eigenvalue weighted by Gasteiger charge is -2.21. The summed E-state index contributed by atoms with van der Waals surface area (Å²) >= 11 is 0. The first kappa shape index (κ1) is 14.0. The summed E-state index contributed by atoms with van der Waals surface area (Å²) in [4.78, 5) is 4.66. The van der Waals surface area contributed by atoms with Gasteiger partial charge in [-0.05, 0) is 38.3 Å². The highest BCUT2D eigenvalue weighted by Crippen LogP contribution is 2.13. The van der Waals surface area contributed by atoms with Gasteiger partial charge >= 0.3 is 0 Å². The van der Waals surface area contributed by atoms with Crippen molar-refractivity contribution in [3.8, 4) is 5.75 Å². The zero-order valence-corrected chi connectivity index (χ0v) is 11.4. The molecule has 0 saturated carbocycles. The Labute approximate surface area is 105 Å². The molecular formula is C14H24N2O. The summed E-state index contributed by atoms with van der Waals surface area (Å²) < 4.78 is 5.23. The van der Waals surface area contributed by atoms with E-state index in [1.807, 2.05) is 12.1 Å². The van der Waals surface area contributed by atoms with E-state index in [-0.39, 0.29) is 0 Å². The second-order valence-corrected chi connectivity index (χ2v) is 4.49. The van der Waals surface area contributed by atoms with Crippen LogP contribution >= 0.6 is 0 Å². The van der Waals surface area contributed by atoms with Gasteiger partial charge in [0.2, 0.25) is 0 Å². The van der Waals surface area contributed by atoms with E-state index in [1.54, 1.807) is 7.11 Å². The Morgan fingerprint density at radius 2 is 1.82 bits per heavy atom. The largest absolute Gasteiger partial charge is 0.497 e. The summed E-state index contributed by atoms with van der Waals surface area (Å²) in [5.74, 6) is 0.932. The second-order valence-electron chi connectivity index (χ2n) is 4.49. The van der Waals surface area contributed by atoms with Gasteiger partial charge in [-0.2, -0.15) is 0 Å². The van der Waals surface area contributed by atoms with Crippen molar-refractivity contribution in [2.24, 2.45) is 0 Å². The monoisotopic (exact) mass is 236 g/mol. The highest BCUT2D eigenvalue weighted by molar-refractivity contribution is 5.28. The number of nitrogens with zero attached hydrogens (tertiary/aromatic N) is 2. The van der Waals surface area contributed by atoms with Crippen molar-refractivity contribution < 1.29 is 4.74 Å². The first-order chi connectivity index (χ1) is 8.15. The minimum Gasteiger partial charge on any atom is -0.497 e. The van der Waals surface area contributed by atoms with Gasteiger partial charge in [0.05, 0.1) is 7.11 Å². The highest BCUT2D eigenvalue weighted by Gasteiger charge is 2.02. The quantitative estimate of drug-likeness (QED) is 0.721. The van der Waals surface area contributed by atoms with E-state index in [9.17, 15) is 0 Å². The van der Waals surface area contributed by atoms with Crippen molar-refractivity contribution in [2.75, 3.05) is 40.8 Å². The van der Waals surface area contributed by atoms with E-state index in [1.165, 1.54) is 5.56 Å². The van der Waals surface area contributed by atoms with Crippen molar-refractivity contribution in [1.29, 1.82) is 0 Å². The van der Waals surface area contributed by atoms with Crippen LogP contribution in [0, 0.1) is 0 Å². The van der Waals surface area contributed by atoms with Crippen LogP contribution in [0.15, 0.2) is 24.3 Å². The smallest absolute Gasteiger partial charge is 0.119 e. The third-order valence-corrected chi connectivity index (χ3v) is 2.99. The first-order valence-corrected chi connectivity index (χ1v) is 6.15. The maximum Gasteiger partial charge on any atom is 0.119 e. The van der Waals surface area contributed by atoms with Gasteiger partial charge < -0.3 is 14.5 Å². The average Bonchev–Trinajstić information content (AvgIpc) is 2.36. The first-order valence-electron chi connectivity index (χ1n) is 6.15. The Morgan fingerprint density at radius 1 is 1.12 bits per heavy atom. The van der Waals surface area contributed by atoms with Gasteiger partial charge in [-0.1, -0.05) is 19.1 Å². The van der Waals surface area contributed by atoms with Crippen molar-refractivity contribution in [2.45, 2.75) is 13.5 Å². The molecule has 0 radical (unpaired) electrons. The van der Waals surface area contributed by atoms with E-state index in [0.717, 1.165) is 31.9 Å². The van der Waals surface area contributed by atoms with Crippen molar-refractivity contribution in [1.82, 2.24) is 9.80 Å². The maximum absolute atomic E-state index is 5.23. The van der Waals surface area contributed by atoms with Crippen LogP contribution in [-0.4, -0.2) is 50.6 Å². The molecular weight excluding hydrogens is 212 g/mol. The molecule has 0 bridgehead atoms. The topological polar surface area (TPSA) is 15.7 Å². The molecule has 1 aromatic carbocycles. The van der Waals surface area contributed by atoms with Gasteiger partial charge in [-0.3, -0.25) is 0 Å². The summed E-state index contributed by atoms with van der Waals surface area (Å²) in [6.45, 7) is 6.45. The molecule has 0 aliphatic heterocycles. The average molecular weight is 236 g/mol. The molecule has 0 aliphatic rings. The zero-order valence-electron chi connectivity index (χ0n) is 11.4. The van der Waals surface area contributed by atoms with Crippen LogP contribution in [0.5, 0.6) is 5.75 Å². The second kappa shape index (κ2) is 7.30. The minimum atomic E-state index is 0.932. The molecule has 96 valence electrons. The Balaban J connectivity index is 2.41. The van der Waals surface area contributed by atoms with Gasteiger partial charge in [0.25, 0.3) is 0 Å². The lowest BCUT2D eigenvalue weighted by atomic mass is 10.2. The van der Waals surface area contributed by atoms with Crippen LogP contribution in [0.3, 0.4) is 0 Å². The molecule has 0 unspecified atom stereocenters. The van der Waals surface area contributed by atoms with Crippen LogP contribution in [0.1, 0.15) is 12.5 Å². The number of likely N-dealkylation sites (N-methyl/N-ethyl adjacent to an activating group) is 2. The van der Waals surface area contributed by atoms with Gasteiger partial charge in [0.1, 0.15) is 5.75 Å². The Morgan fingerprint density at radius 3 is 2.47 bits per heavy atom. The predicted octanol–water partition coefficient (Wildman–Crippen LogP) is 2.08. The molecule has 0 saturated heterocycles. The molecule has 0 atom stereocenters. The lowest BCUT2D eigenvalue weighted by Crippen LogP contribution is -2.30. The zero-order chi connectivity index (χ0) is 12.7. The molecule has 3 nitrogen and oxygen atoms in total. The summed E-state index contributed by atoms with van der Waals surface area (Å²) in [6.07, 6.45) is 0. The van der Waals surface area contributed by atoms with Crippen LogP contribution in [-0.2, 0) is 6.54 Å². The maximum atomic E-state index is 5.23. The standard InChI is InChI=1S/C14H24N2O/c1-5-15(2)9-10-16(3)12-13-7-6-8-14(11-13)17-4/h6-8,11H,5,9-10,12H2,1-4H3. The van der Waals surface area contributed by atoms with Crippen molar-refractivity contribution in [3.05, 3.63) is 29.8 Å². The van der Waals surface area contributed by atoms with Crippen LogP contribution in [0.4, 0.5) is 0 Å². The van der Waals surface area contributed by atoms with Gasteiger partial charge in [-0.25, -0.2) is 0 Å². The summed E-state index contributed by atoms with van der Waals surface area (Å²) in [5, 5.41) is 0. The number of benzene rings is 1. The fourth-order valence-corrected chi connectivity index (χ4v) is 1.66. The fraction of sp³-hybridized carbons (Fsp3) is 0.571. The van der Waals surface area contributed by atoms with E-state index in [2.05, 4.69) is 43.0 Å². The van der Waals surface area contributed by atoms with E-state index >= 15 is 0 Å². The highest BCUT2D eigenvalue weighted by atomic mass is 16.5. The SMILES string of the molecule is CCN(C)CCN(C)Cc1cccc(OC)c1. The summed E-state index contributed by atoms with van der Waals surface area (Å²) in [6, 6.07) is 8.26. The number of ether oxygens (including phenoxy) is 1. The summed E-state index contributed by atoms with van der Waals surface area (Å²) in [7, 11) is 6.02. The molecule has 0 fully saturated rings. The number of hydrogen-bond acceptors (Lipinski definition) is 3. The Hall–Kier alpha value is -1.06. The van der Waals surface area contributed by atoms with E-state index < -0.39 is 0 Å². The van der Waals surface area contributed by atoms with Gasteiger partial charge in [0.15, 0.2) is 0 Å². The van der Waals surface area contributed by atoms with Gasteiger partial charge in [0, 0.05) is 19.6 Å². The molecule has 1 rings (SSSR count). The molecule has 3 heteroatoms. The van der Waals surface area contributed by atoms with Crippen LogP contribution in [0.2, 0.25) is 0 Å². The molecule has 0 heterocycles. The number of hydrogen-bond donors (Lipinski definition) is 0. The predicted molar refractivity (Wildman–Crippen MR) is 72.5 cm³/mol. The third-order valence-electron chi connectivity index (χ3n) is 2.99. The van der Waals surface area contributed by atoms with E-state index in [0.29, 0.717) is 0 Å². The fourth-order valence-electron chi connectivity index (χ4n) is 1.66. The van der Waals surface area contributed by atoms with Gasteiger partial charge in [-0.15, -0.1) is 0 Å². The molecule has 0 N–H and O–H groups in total. The Bertz CT molecular complexity index is 328. The molecule has 0 spiro atoms. The normalized spacial score (nSPS) is 11.2. The lowest BCUT2D eigenvalue weighted by molar-refractivity contribution is 0.258. The van der Waals surface area contributed by atoms with Crippen molar-refractivity contribution >= 4 is 0 Å². The van der Waals surface area contributed by atoms with Crippen LogP contribution < -0.4 is 4.74 Å². The molecule has 0 aliphatic carbocycles.